The van der Waals surface area contributed by atoms with Crippen molar-refractivity contribution in [3.05, 3.63) is 30.5 Å². The molecule has 2 aromatic rings. The number of hydrogen-bond donors (Lipinski definition) is 1. The first kappa shape index (κ1) is 13.3. The molecule has 1 aromatic heterocycles. The minimum Gasteiger partial charge on any atom is -0.477 e. The molecule has 1 fully saturated rings. The first-order chi connectivity index (χ1) is 9.92. The average Bonchev–Trinajstić information content (AvgIpc) is 2.52. The van der Waals surface area contributed by atoms with Crippen molar-refractivity contribution in [2.75, 3.05) is 19.7 Å². The number of nitrogens with zero attached hydrogens (tertiary/aromatic N) is 2. The van der Waals surface area contributed by atoms with E-state index in [0.717, 1.165) is 36.5 Å². The van der Waals surface area contributed by atoms with Gasteiger partial charge in [0, 0.05) is 0 Å². The molecule has 106 valence electrons. The number of benzene rings is 1. The van der Waals surface area contributed by atoms with Gasteiger partial charge in [0.2, 0.25) is 5.88 Å². The zero-order valence-electron chi connectivity index (χ0n) is 11.7. The standard InChI is InChI=1S/C16H21N3O/c1-2-8-15-14(7-1)18-12-16(19-15)20-10-4-6-13-5-3-9-17-11-13/h1-2,7-8,12-13,17H,3-6,9-11H2/t13-/m0/s1. The van der Waals surface area contributed by atoms with Gasteiger partial charge in [-0.05, 0) is 56.8 Å². The number of rotatable bonds is 5. The average molecular weight is 271 g/mol. The Bertz CT molecular complexity index is 552. The minimum absolute atomic E-state index is 0.630. The van der Waals surface area contributed by atoms with Crippen molar-refractivity contribution in [3.8, 4) is 5.88 Å². The summed E-state index contributed by atoms with van der Waals surface area (Å²) in [6, 6.07) is 7.86. The zero-order valence-corrected chi connectivity index (χ0v) is 11.7. The van der Waals surface area contributed by atoms with Gasteiger partial charge in [-0.3, -0.25) is 0 Å². The van der Waals surface area contributed by atoms with Crippen LogP contribution in [-0.2, 0) is 0 Å². The van der Waals surface area contributed by atoms with E-state index in [1.807, 2.05) is 24.3 Å². The number of para-hydroxylation sites is 2. The van der Waals surface area contributed by atoms with Gasteiger partial charge in [0.15, 0.2) is 0 Å². The summed E-state index contributed by atoms with van der Waals surface area (Å²) in [4.78, 5) is 8.81. The number of aromatic nitrogens is 2. The SMILES string of the molecule is c1ccc2nc(OCCC[C@@H]3CCCNC3)cnc2c1. The van der Waals surface area contributed by atoms with Gasteiger partial charge in [-0.15, -0.1) is 0 Å². The quantitative estimate of drug-likeness (QED) is 0.849. The minimum atomic E-state index is 0.630. The van der Waals surface area contributed by atoms with Crippen LogP contribution in [0, 0.1) is 5.92 Å². The molecule has 1 atom stereocenters. The molecule has 20 heavy (non-hydrogen) atoms. The van der Waals surface area contributed by atoms with E-state index in [1.54, 1.807) is 6.20 Å². The molecule has 4 heteroatoms. The van der Waals surface area contributed by atoms with Gasteiger partial charge in [-0.25, -0.2) is 9.97 Å². The normalized spacial score (nSPS) is 19.1. The molecule has 1 aromatic carbocycles. The van der Waals surface area contributed by atoms with Crippen LogP contribution in [0.4, 0.5) is 0 Å². The number of fused-ring (bicyclic) bond motifs is 1. The van der Waals surface area contributed by atoms with E-state index in [0.29, 0.717) is 5.88 Å². The molecule has 1 aliphatic heterocycles. The van der Waals surface area contributed by atoms with E-state index in [2.05, 4.69) is 15.3 Å². The molecule has 4 nitrogen and oxygen atoms in total. The van der Waals surface area contributed by atoms with Crippen LogP contribution in [0.3, 0.4) is 0 Å². The lowest BCUT2D eigenvalue weighted by molar-refractivity contribution is 0.268. The summed E-state index contributed by atoms with van der Waals surface area (Å²) in [5.74, 6) is 1.44. The van der Waals surface area contributed by atoms with Crippen LogP contribution in [0.1, 0.15) is 25.7 Å². The van der Waals surface area contributed by atoms with E-state index in [4.69, 9.17) is 4.74 Å². The van der Waals surface area contributed by atoms with E-state index in [-0.39, 0.29) is 0 Å². The Hall–Kier alpha value is -1.68. The molecule has 0 radical (unpaired) electrons. The first-order valence-electron chi connectivity index (χ1n) is 7.47. The van der Waals surface area contributed by atoms with Gasteiger partial charge in [0.25, 0.3) is 0 Å². The van der Waals surface area contributed by atoms with Crippen LogP contribution in [0.15, 0.2) is 30.5 Å². The summed E-state index contributed by atoms with van der Waals surface area (Å²) in [7, 11) is 0. The van der Waals surface area contributed by atoms with E-state index < -0.39 is 0 Å². The summed E-state index contributed by atoms with van der Waals surface area (Å²) < 4.78 is 5.71. The summed E-state index contributed by atoms with van der Waals surface area (Å²) in [6.07, 6.45) is 6.68. The van der Waals surface area contributed by atoms with Crippen molar-refractivity contribution < 1.29 is 4.74 Å². The summed E-state index contributed by atoms with van der Waals surface area (Å²) in [5, 5.41) is 3.45. The largest absolute Gasteiger partial charge is 0.477 e. The molecule has 1 N–H and O–H groups in total. The molecule has 0 bridgehead atoms. The summed E-state index contributed by atoms with van der Waals surface area (Å²) in [6.45, 7) is 3.07. The predicted molar refractivity (Wildman–Crippen MR) is 79.9 cm³/mol. The maximum atomic E-state index is 5.71. The number of hydrogen-bond acceptors (Lipinski definition) is 4. The molecular weight excluding hydrogens is 250 g/mol. The number of piperidine rings is 1. The summed E-state index contributed by atoms with van der Waals surface area (Å²) in [5.41, 5.74) is 1.80. The van der Waals surface area contributed by atoms with Crippen molar-refractivity contribution in [3.63, 3.8) is 0 Å². The molecule has 0 unspecified atom stereocenters. The second kappa shape index (κ2) is 6.66. The van der Waals surface area contributed by atoms with Crippen LogP contribution in [-0.4, -0.2) is 29.7 Å². The maximum Gasteiger partial charge on any atom is 0.232 e. The maximum absolute atomic E-state index is 5.71. The molecule has 2 heterocycles. The third kappa shape index (κ3) is 3.45. The second-order valence-electron chi connectivity index (χ2n) is 5.40. The fourth-order valence-electron chi connectivity index (χ4n) is 2.73. The lowest BCUT2D eigenvalue weighted by atomic mass is 9.95. The Morgan fingerprint density at radius 2 is 2.15 bits per heavy atom. The van der Waals surface area contributed by atoms with Gasteiger partial charge < -0.3 is 10.1 Å². The Morgan fingerprint density at radius 1 is 1.25 bits per heavy atom. The Kier molecular flexibility index (Phi) is 4.43. The Morgan fingerprint density at radius 3 is 3.00 bits per heavy atom. The number of ether oxygens (including phenoxy) is 1. The van der Waals surface area contributed by atoms with Crippen LogP contribution in [0.25, 0.3) is 11.0 Å². The van der Waals surface area contributed by atoms with Gasteiger partial charge in [0.1, 0.15) is 0 Å². The molecule has 3 rings (SSSR count). The van der Waals surface area contributed by atoms with Crippen LogP contribution < -0.4 is 10.1 Å². The highest BCUT2D eigenvalue weighted by Gasteiger charge is 2.12. The fourth-order valence-corrected chi connectivity index (χ4v) is 2.73. The molecule has 0 spiro atoms. The third-order valence-electron chi connectivity index (χ3n) is 3.83. The molecule has 0 saturated carbocycles. The smallest absolute Gasteiger partial charge is 0.232 e. The second-order valence-corrected chi connectivity index (χ2v) is 5.40. The van der Waals surface area contributed by atoms with Gasteiger partial charge in [-0.2, -0.15) is 0 Å². The van der Waals surface area contributed by atoms with Crippen molar-refractivity contribution in [2.24, 2.45) is 5.92 Å². The molecular formula is C16H21N3O. The van der Waals surface area contributed by atoms with Crippen molar-refractivity contribution in [2.45, 2.75) is 25.7 Å². The van der Waals surface area contributed by atoms with Crippen molar-refractivity contribution in [1.29, 1.82) is 0 Å². The van der Waals surface area contributed by atoms with Gasteiger partial charge >= 0.3 is 0 Å². The van der Waals surface area contributed by atoms with Crippen LogP contribution >= 0.6 is 0 Å². The van der Waals surface area contributed by atoms with E-state index in [9.17, 15) is 0 Å². The topological polar surface area (TPSA) is 47.0 Å². The first-order valence-corrected chi connectivity index (χ1v) is 7.47. The van der Waals surface area contributed by atoms with Crippen LogP contribution in [0.2, 0.25) is 0 Å². The molecule has 0 aliphatic carbocycles. The van der Waals surface area contributed by atoms with Crippen molar-refractivity contribution >= 4 is 11.0 Å². The number of nitrogens with one attached hydrogen (secondary N) is 1. The van der Waals surface area contributed by atoms with Gasteiger partial charge in [0.05, 0.1) is 23.8 Å². The lowest BCUT2D eigenvalue weighted by Crippen LogP contribution is -2.29. The summed E-state index contributed by atoms with van der Waals surface area (Å²) >= 11 is 0. The predicted octanol–water partition coefficient (Wildman–Crippen LogP) is 2.79. The highest BCUT2D eigenvalue weighted by molar-refractivity contribution is 5.73. The lowest BCUT2D eigenvalue weighted by Gasteiger charge is -2.22. The van der Waals surface area contributed by atoms with Gasteiger partial charge in [-0.1, -0.05) is 12.1 Å². The molecule has 1 aliphatic rings. The molecule has 0 amide bonds. The van der Waals surface area contributed by atoms with Crippen LogP contribution in [0.5, 0.6) is 5.88 Å². The highest BCUT2D eigenvalue weighted by atomic mass is 16.5. The highest BCUT2D eigenvalue weighted by Crippen LogP contribution is 2.17. The van der Waals surface area contributed by atoms with Crippen molar-refractivity contribution in [1.82, 2.24) is 15.3 Å². The Balaban J connectivity index is 1.47. The third-order valence-corrected chi connectivity index (χ3v) is 3.83. The van der Waals surface area contributed by atoms with E-state index >= 15 is 0 Å². The zero-order chi connectivity index (χ0) is 13.6. The monoisotopic (exact) mass is 271 g/mol. The Labute approximate surface area is 119 Å². The van der Waals surface area contributed by atoms with E-state index in [1.165, 1.54) is 25.8 Å². The fraction of sp³-hybridized carbons (Fsp3) is 0.500. The molecule has 1 saturated heterocycles.